The summed E-state index contributed by atoms with van der Waals surface area (Å²) in [4.78, 5) is 11.6. The fourth-order valence-electron chi connectivity index (χ4n) is 1.76. The predicted octanol–water partition coefficient (Wildman–Crippen LogP) is 1.34. The molecule has 5 heteroatoms. The van der Waals surface area contributed by atoms with Crippen molar-refractivity contribution in [2.24, 2.45) is 0 Å². The summed E-state index contributed by atoms with van der Waals surface area (Å²) < 4.78 is 5.06. The molecule has 0 aliphatic heterocycles. The Labute approximate surface area is 99.8 Å². The van der Waals surface area contributed by atoms with E-state index in [1.165, 1.54) is 0 Å². The van der Waals surface area contributed by atoms with E-state index in [1.54, 1.807) is 19.2 Å². The van der Waals surface area contributed by atoms with Crippen molar-refractivity contribution < 1.29 is 14.6 Å². The molecule has 1 aliphatic carbocycles. The molecular formula is C12H16N2O3. The average Bonchev–Trinajstić information content (AvgIpc) is 2.27. The van der Waals surface area contributed by atoms with E-state index >= 15 is 0 Å². The van der Waals surface area contributed by atoms with Crippen molar-refractivity contribution >= 4 is 11.7 Å². The van der Waals surface area contributed by atoms with Crippen molar-refractivity contribution in [1.29, 1.82) is 0 Å². The maximum Gasteiger partial charge on any atom is 0.319 e. The number of methoxy groups -OCH3 is 1. The van der Waals surface area contributed by atoms with Gasteiger partial charge in [0.05, 0.1) is 13.2 Å². The summed E-state index contributed by atoms with van der Waals surface area (Å²) in [6.07, 6.45) is 0.994. The largest absolute Gasteiger partial charge is 0.497 e. The minimum absolute atomic E-state index is 0.0793. The summed E-state index contributed by atoms with van der Waals surface area (Å²) in [6.45, 7) is 0. The predicted molar refractivity (Wildman–Crippen MR) is 64.2 cm³/mol. The second kappa shape index (κ2) is 5.05. The van der Waals surface area contributed by atoms with Crippen molar-refractivity contribution in [1.82, 2.24) is 5.32 Å². The van der Waals surface area contributed by atoms with Crippen LogP contribution in [0.3, 0.4) is 0 Å². The van der Waals surface area contributed by atoms with E-state index in [9.17, 15) is 4.79 Å². The zero-order chi connectivity index (χ0) is 12.3. The van der Waals surface area contributed by atoms with Crippen LogP contribution in [-0.4, -0.2) is 30.4 Å². The smallest absolute Gasteiger partial charge is 0.319 e. The first-order chi connectivity index (χ1) is 8.17. The SMILES string of the molecule is COc1cccc(NC(=O)NC2CC(O)C2)c1. The number of rotatable bonds is 3. The first-order valence-electron chi connectivity index (χ1n) is 5.57. The summed E-state index contributed by atoms with van der Waals surface area (Å²) in [7, 11) is 1.58. The molecule has 1 fully saturated rings. The molecule has 0 unspecified atom stereocenters. The van der Waals surface area contributed by atoms with Crippen LogP contribution in [0.5, 0.6) is 5.75 Å². The minimum atomic E-state index is -0.267. The third kappa shape index (κ3) is 3.10. The van der Waals surface area contributed by atoms with Gasteiger partial charge in [0, 0.05) is 17.8 Å². The Balaban J connectivity index is 1.85. The van der Waals surface area contributed by atoms with E-state index in [-0.39, 0.29) is 18.2 Å². The van der Waals surface area contributed by atoms with Gasteiger partial charge in [-0.25, -0.2) is 4.79 Å². The molecule has 92 valence electrons. The lowest BCUT2D eigenvalue weighted by atomic mass is 9.90. The highest BCUT2D eigenvalue weighted by atomic mass is 16.5. The van der Waals surface area contributed by atoms with Gasteiger partial charge in [-0.15, -0.1) is 0 Å². The van der Waals surface area contributed by atoms with Crippen molar-refractivity contribution in [2.45, 2.75) is 25.0 Å². The molecule has 0 bridgehead atoms. The van der Waals surface area contributed by atoms with Crippen molar-refractivity contribution in [3.05, 3.63) is 24.3 Å². The average molecular weight is 236 g/mol. The normalized spacial score (nSPS) is 22.5. The molecule has 0 heterocycles. The van der Waals surface area contributed by atoms with Gasteiger partial charge in [-0.1, -0.05) is 6.07 Å². The highest BCUT2D eigenvalue weighted by Gasteiger charge is 2.28. The standard InChI is InChI=1S/C12H16N2O3/c1-17-11-4-2-3-8(7-11)13-12(16)14-9-5-10(15)6-9/h2-4,7,9-10,15H,5-6H2,1H3,(H2,13,14,16). The van der Waals surface area contributed by atoms with Gasteiger partial charge >= 0.3 is 6.03 Å². The first kappa shape index (κ1) is 11.7. The lowest BCUT2D eigenvalue weighted by Gasteiger charge is -2.31. The van der Waals surface area contributed by atoms with E-state index in [2.05, 4.69) is 10.6 Å². The Kier molecular flexibility index (Phi) is 3.49. The minimum Gasteiger partial charge on any atom is -0.497 e. The van der Waals surface area contributed by atoms with E-state index in [4.69, 9.17) is 9.84 Å². The maximum atomic E-state index is 11.6. The third-order valence-corrected chi connectivity index (χ3v) is 2.78. The van der Waals surface area contributed by atoms with Crippen LogP contribution in [0, 0.1) is 0 Å². The monoisotopic (exact) mass is 236 g/mol. The van der Waals surface area contributed by atoms with Crippen LogP contribution < -0.4 is 15.4 Å². The van der Waals surface area contributed by atoms with Crippen LogP contribution in [-0.2, 0) is 0 Å². The quantitative estimate of drug-likeness (QED) is 0.741. The molecule has 17 heavy (non-hydrogen) atoms. The molecule has 2 amide bonds. The van der Waals surface area contributed by atoms with Crippen molar-refractivity contribution in [2.75, 3.05) is 12.4 Å². The van der Waals surface area contributed by atoms with E-state index in [0.29, 0.717) is 24.3 Å². The number of urea groups is 1. The number of aliphatic hydroxyl groups is 1. The summed E-state index contributed by atoms with van der Waals surface area (Å²) in [5, 5.41) is 14.6. The molecule has 0 radical (unpaired) electrons. The number of anilines is 1. The van der Waals surface area contributed by atoms with Gasteiger partial charge in [-0.05, 0) is 25.0 Å². The lowest BCUT2D eigenvalue weighted by molar-refractivity contribution is 0.0671. The number of hydrogen-bond acceptors (Lipinski definition) is 3. The summed E-state index contributed by atoms with van der Waals surface area (Å²) in [6, 6.07) is 6.98. The first-order valence-corrected chi connectivity index (χ1v) is 5.57. The zero-order valence-electron chi connectivity index (χ0n) is 9.64. The topological polar surface area (TPSA) is 70.6 Å². The highest BCUT2D eigenvalue weighted by Crippen LogP contribution is 2.20. The molecule has 0 atom stereocenters. The summed E-state index contributed by atoms with van der Waals surface area (Å²) >= 11 is 0. The third-order valence-electron chi connectivity index (χ3n) is 2.78. The number of aliphatic hydroxyl groups excluding tert-OH is 1. The Morgan fingerprint density at radius 2 is 2.24 bits per heavy atom. The number of hydrogen-bond donors (Lipinski definition) is 3. The van der Waals surface area contributed by atoms with E-state index < -0.39 is 0 Å². The fourth-order valence-corrected chi connectivity index (χ4v) is 1.76. The molecule has 0 aromatic heterocycles. The second-order valence-corrected chi connectivity index (χ2v) is 4.15. The molecular weight excluding hydrogens is 220 g/mol. The number of carbonyl (C=O) groups is 1. The molecule has 5 nitrogen and oxygen atoms in total. The maximum absolute atomic E-state index is 11.6. The molecule has 3 N–H and O–H groups in total. The van der Waals surface area contributed by atoms with Crippen LogP contribution in [0.2, 0.25) is 0 Å². The van der Waals surface area contributed by atoms with Crippen molar-refractivity contribution in [3.8, 4) is 5.75 Å². The highest BCUT2D eigenvalue weighted by molar-refractivity contribution is 5.89. The zero-order valence-corrected chi connectivity index (χ0v) is 9.64. The Morgan fingerprint density at radius 3 is 2.88 bits per heavy atom. The fraction of sp³-hybridized carbons (Fsp3) is 0.417. The van der Waals surface area contributed by atoms with E-state index in [0.717, 1.165) is 0 Å². The summed E-state index contributed by atoms with van der Waals surface area (Å²) in [5.41, 5.74) is 0.682. The molecule has 2 rings (SSSR count). The number of nitrogens with one attached hydrogen (secondary N) is 2. The molecule has 1 saturated carbocycles. The molecule has 1 aromatic carbocycles. The van der Waals surface area contributed by atoms with E-state index in [1.807, 2.05) is 12.1 Å². The molecule has 1 aromatic rings. The van der Waals surface area contributed by atoms with Crippen LogP contribution in [0.15, 0.2) is 24.3 Å². The van der Waals surface area contributed by atoms with Crippen LogP contribution in [0.1, 0.15) is 12.8 Å². The van der Waals surface area contributed by atoms with Gasteiger partial charge in [0.1, 0.15) is 5.75 Å². The van der Waals surface area contributed by atoms with Gasteiger partial charge in [0.2, 0.25) is 0 Å². The number of amides is 2. The molecule has 1 aliphatic rings. The van der Waals surface area contributed by atoms with Crippen LogP contribution >= 0.6 is 0 Å². The van der Waals surface area contributed by atoms with Gasteiger partial charge in [0.15, 0.2) is 0 Å². The van der Waals surface area contributed by atoms with Gasteiger partial charge in [-0.2, -0.15) is 0 Å². The lowest BCUT2D eigenvalue weighted by Crippen LogP contribution is -2.48. The summed E-state index contributed by atoms with van der Waals surface area (Å²) in [5.74, 6) is 0.696. The molecule has 0 spiro atoms. The number of carbonyl (C=O) groups excluding carboxylic acids is 1. The number of ether oxygens (including phenoxy) is 1. The van der Waals surface area contributed by atoms with Crippen LogP contribution in [0.4, 0.5) is 10.5 Å². The molecule has 0 saturated heterocycles. The Hall–Kier alpha value is -1.75. The van der Waals surface area contributed by atoms with Gasteiger partial charge < -0.3 is 20.5 Å². The Morgan fingerprint density at radius 1 is 1.47 bits per heavy atom. The van der Waals surface area contributed by atoms with Crippen molar-refractivity contribution in [3.63, 3.8) is 0 Å². The number of benzene rings is 1. The van der Waals surface area contributed by atoms with Gasteiger partial charge in [-0.3, -0.25) is 0 Å². The second-order valence-electron chi connectivity index (χ2n) is 4.15. The van der Waals surface area contributed by atoms with Crippen LogP contribution in [0.25, 0.3) is 0 Å². The Bertz CT molecular complexity index is 402. The van der Waals surface area contributed by atoms with Gasteiger partial charge in [0.25, 0.3) is 0 Å².